The summed E-state index contributed by atoms with van der Waals surface area (Å²) in [5.41, 5.74) is 0.998. The number of ether oxygens (including phenoxy) is 1. The minimum Gasteiger partial charge on any atom is -0.494 e. The molecule has 0 aliphatic heterocycles. The lowest BCUT2D eigenvalue weighted by molar-refractivity contribution is -0.384. The van der Waals surface area contributed by atoms with Crippen molar-refractivity contribution in [1.29, 1.82) is 0 Å². The van der Waals surface area contributed by atoms with Crippen LogP contribution >= 0.6 is 23.2 Å². The van der Waals surface area contributed by atoms with Crippen LogP contribution in [0.25, 0.3) is 0 Å². The second kappa shape index (κ2) is 8.69. The predicted molar refractivity (Wildman–Crippen MR) is 97.7 cm³/mol. The molecule has 0 aliphatic rings. The molecule has 25 heavy (non-hydrogen) atoms. The molecule has 2 aromatic rings. The van der Waals surface area contributed by atoms with Crippen molar-refractivity contribution in [3.63, 3.8) is 0 Å². The lowest BCUT2D eigenvalue weighted by Gasteiger charge is -2.08. The van der Waals surface area contributed by atoms with E-state index in [9.17, 15) is 14.9 Å². The molecule has 0 radical (unpaired) electrons. The number of rotatable bonds is 7. The number of amides is 1. The van der Waals surface area contributed by atoms with Crippen LogP contribution in [0.2, 0.25) is 10.0 Å². The number of nitrogens with one attached hydrogen (secondary N) is 1. The van der Waals surface area contributed by atoms with Crippen LogP contribution in [-0.4, -0.2) is 17.4 Å². The van der Waals surface area contributed by atoms with Gasteiger partial charge >= 0.3 is 0 Å². The fraction of sp³-hybridized carbons (Fsp3) is 0.235. The van der Waals surface area contributed by atoms with Gasteiger partial charge in [0.1, 0.15) is 10.8 Å². The molecule has 0 bridgehead atoms. The summed E-state index contributed by atoms with van der Waals surface area (Å²) in [6.07, 6.45) is 0.728. The van der Waals surface area contributed by atoms with E-state index in [2.05, 4.69) is 5.32 Å². The van der Waals surface area contributed by atoms with E-state index in [1.54, 1.807) is 12.1 Å². The number of halogens is 2. The maximum atomic E-state index is 11.9. The van der Waals surface area contributed by atoms with Gasteiger partial charge in [0, 0.05) is 23.2 Å². The molecule has 0 saturated carbocycles. The molecule has 8 heteroatoms. The summed E-state index contributed by atoms with van der Waals surface area (Å²) in [5.74, 6) is 0.433. The first-order valence-electron chi connectivity index (χ1n) is 7.49. The Morgan fingerprint density at radius 1 is 1.20 bits per heavy atom. The topological polar surface area (TPSA) is 81.5 Å². The van der Waals surface area contributed by atoms with Crippen LogP contribution in [0.1, 0.15) is 18.4 Å². The van der Waals surface area contributed by atoms with Crippen LogP contribution in [-0.2, 0) is 4.79 Å². The molecule has 132 valence electrons. The number of hydrogen-bond acceptors (Lipinski definition) is 4. The zero-order valence-corrected chi connectivity index (χ0v) is 14.9. The molecule has 0 heterocycles. The van der Waals surface area contributed by atoms with Crippen LogP contribution in [0, 0.1) is 17.0 Å². The van der Waals surface area contributed by atoms with Crippen molar-refractivity contribution < 1.29 is 14.5 Å². The molecule has 0 spiro atoms. The van der Waals surface area contributed by atoms with Crippen LogP contribution in [0.3, 0.4) is 0 Å². The lowest BCUT2D eigenvalue weighted by atomic mass is 10.2. The van der Waals surface area contributed by atoms with Gasteiger partial charge in [0.2, 0.25) is 5.91 Å². The monoisotopic (exact) mass is 382 g/mol. The summed E-state index contributed by atoms with van der Waals surface area (Å²) < 4.78 is 5.56. The quantitative estimate of drug-likeness (QED) is 0.414. The molecule has 1 amide bonds. The molecule has 2 rings (SSSR count). The summed E-state index contributed by atoms with van der Waals surface area (Å²) in [5, 5.41) is 14.1. The largest absolute Gasteiger partial charge is 0.494 e. The Hall–Kier alpha value is -2.31. The summed E-state index contributed by atoms with van der Waals surface area (Å²) in [4.78, 5) is 22.1. The zero-order valence-electron chi connectivity index (χ0n) is 13.4. The normalized spacial score (nSPS) is 10.4. The van der Waals surface area contributed by atoms with Crippen molar-refractivity contribution in [2.24, 2.45) is 0 Å². The number of nitrogens with zero attached hydrogens (tertiary/aromatic N) is 1. The highest BCUT2D eigenvalue weighted by Gasteiger charge is 2.13. The molecule has 0 atom stereocenters. The molecule has 0 aliphatic carbocycles. The summed E-state index contributed by atoms with van der Waals surface area (Å²) in [6.45, 7) is 2.25. The Kier molecular flexibility index (Phi) is 6.61. The second-order valence-electron chi connectivity index (χ2n) is 5.33. The van der Waals surface area contributed by atoms with E-state index < -0.39 is 4.92 Å². The van der Waals surface area contributed by atoms with Gasteiger partial charge in [-0.1, -0.05) is 23.2 Å². The van der Waals surface area contributed by atoms with Crippen LogP contribution in [0.15, 0.2) is 36.4 Å². The lowest BCUT2D eigenvalue weighted by Crippen LogP contribution is -2.13. The van der Waals surface area contributed by atoms with E-state index in [-0.39, 0.29) is 23.0 Å². The Morgan fingerprint density at radius 2 is 1.92 bits per heavy atom. The van der Waals surface area contributed by atoms with E-state index in [0.717, 1.165) is 5.56 Å². The molecular weight excluding hydrogens is 367 g/mol. The molecule has 0 aromatic heterocycles. The van der Waals surface area contributed by atoms with Gasteiger partial charge in [-0.05, 0) is 49.2 Å². The first-order valence-corrected chi connectivity index (χ1v) is 8.25. The molecule has 0 unspecified atom stereocenters. The number of hydrogen-bond donors (Lipinski definition) is 1. The third-order valence-electron chi connectivity index (χ3n) is 3.37. The van der Waals surface area contributed by atoms with Crippen LogP contribution in [0.4, 0.5) is 11.4 Å². The van der Waals surface area contributed by atoms with Gasteiger partial charge < -0.3 is 10.1 Å². The highest BCUT2D eigenvalue weighted by molar-refractivity contribution is 6.32. The van der Waals surface area contributed by atoms with Gasteiger partial charge in [-0.25, -0.2) is 0 Å². The number of carbonyl (C=O) groups excluding carboxylic acids is 1. The van der Waals surface area contributed by atoms with E-state index in [1.807, 2.05) is 13.0 Å². The first kappa shape index (κ1) is 19.0. The van der Waals surface area contributed by atoms with Gasteiger partial charge in [-0.2, -0.15) is 0 Å². The molecule has 2 aromatic carbocycles. The van der Waals surface area contributed by atoms with Gasteiger partial charge in [-0.3, -0.25) is 14.9 Å². The smallest absolute Gasteiger partial charge is 0.289 e. The Balaban J connectivity index is 1.80. The van der Waals surface area contributed by atoms with E-state index in [4.69, 9.17) is 27.9 Å². The minimum atomic E-state index is -0.597. The van der Waals surface area contributed by atoms with Crippen molar-refractivity contribution in [1.82, 2.24) is 0 Å². The zero-order chi connectivity index (χ0) is 18.4. The number of aryl methyl sites for hydroxylation is 1. The summed E-state index contributed by atoms with van der Waals surface area (Å²) >= 11 is 11.7. The maximum absolute atomic E-state index is 11.9. The number of anilines is 1. The summed E-state index contributed by atoms with van der Waals surface area (Å²) in [6, 6.07) is 9.47. The van der Waals surface area contributed by atoms with Crippen LogP contribution < -0.4 is 10.1 Å². The van der Waals surface area contributed by atoms with E-state index in [0.29, 0.717) is 29.5 Å². The van der Waals surface area contributed by atoms with Crippen molar-refractivity contribution in [2.45, 2.75) is 19.8 Å². The van der Waals surface area contributed by atoms with Gasteiger partial charge in [-0.15, -0.1) is 0 Å². The third-order valence-corrected chi connectivity index (χ3v) is 4.12. The van der Waals surface area contributed by atoms with Crippen molar-refractivity contribution in [3.8, 4) is 5.75 Å². The number of benzene rings is 2. The second-order valence-corrected chi connectivity index (χ2v) is 6.15. The standard InChI is InChI=1S/C17H16Cl2N2O4/c1-11-9-13(5-7-14(11)18)25-8-2-3-17(22)20-12-4-6-15(19)16(10-12)21(23)24/h4-7,9-10H,2-3,8H2,1H3,(H,20,22). The minimum absolute atomic E-state index is 0.0228. The molecule has 1 N–H and O–H groups in total. The van der Waals surface area contributed by atoms with Gasteiger partial charge in [0.15, 0.2) is 0 Å². The first-order chi connectivity index (χ1) is 11.9. The Morgan fingerprint density at radius 3 is 2.60 bits per heavy atom. The Bertz CT molecular complexity index is 796. The van der Waals surface area contributed by atoms with Crippen molar-refractivity contribution >= 4 is 40.5 Å². The predicted octanol–water partition coefficient (Wildman–Crippen LogP) is 5.01. The molecular formula is C17H16Cl2N2O4. The third kappa shape index (κ3) is 5.62. The van der Waals surface area contributed by atoms with E-state index in [1.165, 1.54) is 18.2 Å². The number of nitro groups is 1. The SMILES string of the molecule is Cc1cc(OCCCC(=O)Nc2ccc(Cl)c([N+](=O)[O-])c2)ccc1Cl. The Labute approximate surface area is 154 Å². The van der Waals surface area contributed by atoms with Gasteiger partial charge in [0.05, 0.1) is 11.5 Å². The summed E-state index contributed by atoms with van der Waals surface area (Å²) in [7, 11) is 0. The highest BCUT2D eigenvalue weighted by atomic mass is 35.5. The molecule has 0 saturated heterocycles. The maximum Gasteiger partial charge on any atom is 0.289 e. The van der Waals surface area contributed by atoms with Crippen molar-refractivity contribution in [2.75, 3.05) is 11.9 Å². The fourth-order valence-corrected chi connectivity index (χ4v) is 2.39. The molecule has 6 nitrogen and oxygen atoms in total. The van der Waals surface area contributed by atoms with Gasteiger partial charge in [0.25, 0.3) is 5.69 Å². The fourth-order valence-electron chi connectivity index (χ4n) is 2.08. The van der Waals surface area contributed by atoms with Crippen LogP contribution in [0.5, 0.6) is 5.75 Å². The highest BCUT2D eigenvalue weighted by Crippen LogP contribution is 2.27. The van der Waals surface area contributed by atoms with E-state index >= 15 is 0 Å². The number of carbonyl (C=O) groups is 1. The average Bonchev–Trinajstić information content (AvgIpc) is 2.56. The average molecular weight is 383 g/mol. The molecule has 0 fully saturated rings. The number of nitro benzene ring substituents is 1. The van der Waals surface area contributed by atoms with Crippen molar-refractivity contribution in [3.05, 3.63) is 62.1 Å².